The molecule has 1 aromatic carbocycles. The first-order valence-electron chi connectivity index (χ1n) is 6.15. The minimum Gasteiger partial charge on any atom is -0.319 e. The second-order valence-corrected chi connectivity index (χ2v) is 4.73. The van der Waals surface area contributed by atoms with E-state index in [9.17, 15) is 26.3 Å². The van der Waals surface area contributed by atoms with Crippen molar-refractivity contribution in [1.82, 2.24) is 5.32 Å². The van der Waals surface area contributed by atoms with Gasteiger partial charge in [0.1, 0.15) is 0 Å². The van der Waals surface area contributed by atoms with E-state index in [2.05, 4.69) is 10.3 Å². The molecule has 1 N–H and O–H groups in total. The van der Waals surface area contributed by atoms with E-state index in [1.165, 1.54) is 0 Å². The Hall–Kier alpha value is -1.57. The minimum absolute atomic E-state index is 0.0655. The fraction of sp³-hybridized carbons (Fsp3) is 0.462. The molecule has 0 atom stereocenters. The third kappa shape index (κ3) is 3.37. The van der Waals surface area contributed by atoms with Crippen molar-refractivity contribution < 1.29 is 26.3 Å². The van der Waals surface area contributed by atoms with Gasteiger partial charge in [0.15, 0.2) is 0 Å². The summed E-state index contributed by atoms with van der Waals surface area (Å²) in [6.45, 7) is 0.500. The van der Waals surface area contributed by atoms with Crippen LogP contribution in [0.1, 0.15) is 23.1 Å². The van der Waals surface area contributed by atoms with Crippen LogP contribution in [0.3, 0.4) is 0 Å². The van der Waals surface area contributed by atoms with Crippen molar-refractivity contribution in [3.8, 4) is 0 Å². The molecule has 0 aromatic heterocycles. The molecule has 0 fully saturated rings. The van der Waals surface area contributed by atoms with E-state index in [0.717, 1.165) is 0 Å². The Morgan fingerprint density at radius 2 is 1.76 bits per heavy atom. The molecule has 8 heteroatoms. The number of aliphatic imine (C=N–C) groups is 1. The number of hydrogen-bond acceptors (Lipinski definition) is 2. The second kappa shape index (κ2) is 5.32. The van der Waals surface area contributed by atoms with Crippen molar-refractivity contribution in [2.24, 2.45) is 4.99 Å². The van der Waals surface area contributed by atoms with Crippen molar-refractivity contribution >= 4 is 11.4 Å². The van der Waals surface area contributed by atoms with E-state index in [4.69, 9.17) is 0 Å². The normalized spacial score (nSPS) is 15.1. The van der Waals surface area contributed by atoms with Crippen LogP contribution in [0, 0.1) is 0 Å². The highest BCUT2D eigenvalue weighted by atomic mass is 19.4. The summed E-state index contributed by atoms with van der Waals surface area (Å²) in [4.78, 5) is 3.91. The summed E-state index contributed by atoms with van der Waals surface area (Å²) in [5.74, 6) is 0. The average molecular weight is 310 g/mol. The molecule has 2 rings (SSSR count). The molecule has 0 radical (unpaired) electrons. The lowest BCUT2D eigenvalue weighted by atomic mass is 9.98. The van der Waals surface area contributed by atoms with Crippen LogP contribution in [-0.4, -0.2) is 19.3 Å². The SMILES string of the molecule is CNCCC1=Nc2cc(C(F)(F)F)cc(C(F)(F)F)c2C1. The third-order valence-corrected chi connectivity index (χ3v) is 3.18. The molecule has 0 bridgehead atoms. The number of nitrogens with one attached hydrogen (secondary N) is 1. The van der Waals surface area contributed by atoms with Gasteiger partial charge in [-0.15, -0.1) is 0 Å². The smallest absolute Gasteiger partial charge is 0.319 e. The summed E-state index contributed by atoms with van der Waals surface area (Å²) >= 11 is 0. The predicted molar refractivity (Wildman–Crippen MR) is 65.8 cm³/mol. The van der Waals surface area contributed by atoms with Gasteiger partial charge in [-0.25, -0.2) is 0 Å². The topological polar surface area (TPSA) is 24.4 Å². The van der Waals surface area contributed by atoms with Crippen molar-refractivity contribution in [3.05, 3.63) is 28.8 Å². The maximum atomic E-state index is 13.0. The molecule has 0 unspecified atom stereocenters. The number of alkyl halides is 6. The van der Waals surface area contributed by atoms with Gasteiger partial charge in [0.2, 0.25) is 0 Å². The van der Waals surface area contributed by atoms with Crippen LogP contribution < -0.4 is 5.32 Å². The number of rotatable bonds is 3. The zero-order valence-electron chi connectivity index (χ0n) is 11.0. The van der Waals surface area contributed by atoms with E-state index >= 15 is 0 Å². The highest BCUT2D eigenvalue weighted by Crippen LogP contribution is 2.43. The molecule has 1 aromatic rings. The van der Waals surface area contributed by atoms with Crippen LogP contribution in [0.2, 0.25) is 0 Å². The van der Waals surface area contributed by atoms with Crippen molar-refractivity contribution in [3.63, 3.8) is 0 Å². The summed E-state index contributed by atoms with van der Waals surface area (Å²) in [6.07, 6.45) is -9.34. The molecule has 1 heterocycles. The van der Waals surface area contributed by atoms with Gasteiger partial charge in [-0.05, 0) is 31.2 Å². The molecule has 2 nitrogen and oxygen atoms in total. The quantitative estimate of drug-likeness (QED) is 0.840. The van der Waals surface area contributed by atoms with E-state index < -0.39 is 23.5 Å². The van der Waals surface area contributed by atoms with E-state index in [0.29, 0.717) is 24.7 Å². The first kappa shape index (κ1) is 15.8. The Morgan fingerprint density at radius 3 is 2.29 bits per heavy atom. The molecule has 1 aliphatic heterocycles. The number of halogens is 6. The molecular formula is C13H12F6N2. The molecule has 0 saturated carbocycles. The zero-order chi connectivity index (χ0) is 15.8. The van der Waals surface area contributed by atoms with E-state index in [1.54, 1.807) is 7.05 Å². The third-order valence-electron chi connectivity index (χ3n) is 3.18. The Bertz CT molecular complexity index is 571. The second-order valence-electron chi connectivity index (χ2n) is 4.73. The number of benzene rings is 1. The number of nitrogens with zero attached hydrogens (tertiary/aromatic N) is 1. The first-order valence-corrected chi connectivity index (χ1v) is 6.15. The molecule has 1 aliphatic rings. The van der Waals surface area contributed by atoms with Gasteiger partial charge in [0.05, 0.1) is 16.8 Å². The maximum absolute atomic E-state index is 13.0. The molecule has 116 valence electrons. The maximum Gasteiger partial charge on any atom is 0.416 e. The van der Waals surface area contributed by atoms with Gasteiger partial charge in [-0.2, -0.15) is 26.3 Å². The number of fused-ring (bicyclic) bond motifs is 1. The zero-order valence-corrected chi connectivity index (χ0v) is 11.0. The first-order chi connectivity index (χ1) is 9.63. The molecule has 0 saturated heterocycles. The molecule has 0 amide bonds. The van der Waals surface area contributed by atoms with Crippen molar-refractivity contribution in [2.45, 2.75) is 25.2 Å². The van der Waals surface area contributed by atoms with E-state index in [-0.39, 0.29) is 23.7 Å². The van der Waals surface area contributed by atoms with Crippen molar-refractivity contribution in [1.29, 1.82) is 0 Å². The van der Waals surface area contributed by atoms with Crippen LogP contribution in [0.15, 0.2) is 17.1 Å². The Morgan fingerprint density at radius 1 is 1.10 bits per heavy atom. The van der Waals surface area contributed by atoms with Crippen LogP contribution in [0.5, 0.6) is 0 Å². The average Bonchev–Trinajstić information content (AvgIpc) is 2.75. The van der Waals surface area contributed by atoms with Crippen LogP contribution in [0.25, 0.3) is 0 Å². The van der Waals surface area contributed by atoms with Crippen LogP contribution in [0.4, 0.5) is 32.0 Å². The Kier molecular flexibility index (Phi) is 4.01. The summed E-state index contributed by atoms with van der Waals surface area (Å²) in [5, 5.41) is 2.82. The van der Waals surface area contributed by atoms with Crippen molar-refractivity contribution in [2.75, 3.05) is 13.6 Å². The lowest BCUT2D eigenvalue weighted by Gasteiger charge is -2.15. The Labute approximate surface area is 116 Å². The monoisotopic (exact) mass is 310 g/mol. The fourth-order valence-electron chi connectivity index (χ4n) is 2.19. The highest BCUT2D eigenvalue weighted by molar-refractivity contribution is 5.94. The Balaban J connectivity index is 2.48. The van der Waals surface area contributed by atoms with Crippen LogP contribution >= 0.6 is 0 Å². The fourth-order valence-corrected chi connectivity index (χ4v) is 2.19. The highest BCUT2D eigenvalue weighted by Gasteiger charge is 2.40. The summed E-state index contributed by atoms with van der Waals surface area (Å²) in [5.41, 5.74) is -2.54. The molecule has 0 spiro atoms. The van der Waals surface area contributed by atoms with Crippen LogP contribution in [-0.2, 0) is 18.8 Å². The summed E-state index contributed by atoms with van der Waals surface area (Å²) < 4.78 is 77.0. The van der Waals surface area contributed by atoms with Gasteiger partial charge >= 0.3 is 12.4 Å². The number of hydrogen-bond donors (Lipinski definition) is 1. The van der Waals surface area contributed by atoms with Gasteiger partial charge < -0.3 is 5.32 Å². The summed E-state index contributed by atoms with van der Waals surface area (Å²) in [7, 11) is 1.67. The molecule has 0 aliphatic carbocycles. The van der Waals surface area contributed by atoms with Gasteiger partial charge in [-0.1, -0.05) is 0 Å². The largest absolute Gasteiger partial charge is 0.416 e. The van der Waals surface area contributed by atoms with Gasteiger partial charge in [0, 0.05) is 18.7 Å². The molecule has 21 heavy (non-hydrogen) atoms. The summed E-state index contributed by atoms with van der Waals surface area (Å²) in [6, 6.07) is 0.840. The standard InChI is InChI=1S/C13H12F6N2/c1-20-3-2-8-6-9-10(13(17,18)19)4-7(12(14,15)16)5-11(9)21-8/h4-5,20H,2-3,6H2,1H3. The lowest BCUT2D eigenvalue weighted by molar-refractivity contribution is -0.143. The van der Waals surface area contributed by atoms with Gasteiger partial charge in [0.25, 0.3) is 0 Å². The predicted octanol–water partition coefficient (Wildman–Crippen LogP) is 3.96. The lowest BCUT2D eigenvalue weighted by Crippen LogP contribution is -2.15. The molecular weight excluding hydrogens is 298 g/mol. The minimum atomic E-state index is -4.84. The van der Waals surface area contributed by atoms with E-state index in [1.807, 2.05) is 0 Å². The van der Waals surface area contributed by atoms with Gasteiger partial charge in [-0.3, -0.25) is 4.99 Å².